The first kappa shape index (κ1) is 24.9. The Kier molecular flexibility index (Phi) is 8.02. The van der Waals surface area contributed by atoms with Gasteiger partial charge in [-0.25, -0.2) is 4.79 Å². The van der Waals surface area contributed by atoms with E-state index in [1.54, 1.807) is 55.6 Å². The zero-order valence-electron chi connectivity index (χ0n) is 20.2. The first-order valence-electron chi connectivity index (χ1n) is 11.1. The van der Waals surface area contributed by atoms with Crippen molar-refractivity contribution in [3.63, 3.8) is 0 Å². The molecule has 178 valence electrons. The summed E-state index contributed by atoms with van der Waals surface area (Å²) in [5.41, 5.74) is 4.17. The van der Waals surface area contributed by atoms with Gasteiger partial charge in [-0.05, 0) is 58.0 Å². The maximum Gasteiger partial charge on any atom is 0.340 e. The van der Waals surface area contributed by atoms with Gasteiger partial charge in [-0.1, -0.05) is 29.8 Å². The number of amides is 1. The van der Waals surface area contributed by atoms with Gasteiger partial charge < -0.3 is 19.4 Å². The number of hydrogen-bond donors (Lipinski definition) is 1. The number of rotatable bonds is 9. The molecule has 0 saturated heterocycles. The number of hydrogen-bond acceptors (Lipinski definition) is 5. The molecule has 0 aliphatic carbocycles. The fourth-order valence-corrected chi connectivity index (χ4v) is 4.09. The number of anilines is 1. The molecule has 0 fully saturated rings. The second kappa shape index (κ2) is 10.9. The number of carbonyl (C=O) groups is 3. The number of nitrogens with one attached hydrogen (secondary N) is 1. The van der Waals surface area contributed by atoms with E-state index in [2.05, 4.69) is 5.32 Å². The summed E-state index contributed by atoms with van der Waals surface area (Å²) in [5.74, 6) is -1.31. The highest BCUT2D eigenvalue weighted by atomic mass is 16.5. The first-order chi connectivity index (χ1) is 16.2. The van der Waals surface area contributed by atoms with Crippen LogP contribution in [0.2, 0.25) is 0 Å². The van der Waals surface area contributed by atoms with Crippen LogP contribution in [0.3, 0.4) is 0 Å². The molecule has 0 bridgehead atoms. The van der Waals surface area contributed by atoms with Crippen molar-refractivity contribution in [1.82, 2.24) is 4.57 Å². The van der Waals surface area contributed by atoms with Gasteiger partial charge in [0.15, 0.2) is 6.61 Å². The van der Waals surface area contributed by atoms with Gasteiger partial charge in [-0.15, -0.1) is 0 Å². The standard InChI is InChI=1S/C27H30N2O5/c1-17-9-8-10-21(13-17)26(31)28-24-12-7-6-11-22(24)27(32)34-16-25(30)23-14-18(2)29(20(23)4)19(3)15-33-5/h6-14,19H,15-16H2,1-5H3,(H,28,31)/t19-/m0/s1. The second-order valence-electron chi connectivity index (χ2n) is 8.33. The molecule has 1 amide bonds. The zero-order valence-corrected chi connectivity index (χ0v) is 20.2. The zero-order chi connectivity index (χ0) is 24.8. The molecular formula is C27H30N2O5. The average Bonchev–Trinajstić information content (AvgIpc) is 3.11. The van der Waals surface area contributed by atoms with E-state index >= 15 is 0 Å². The topological polar surface area (TPSA) is 86.6 Å². The molecule has 1 aromatic heterocycles. The van der Waals surface area contributed by atoms with Gasteiger partial charge in [-0.2, -0.15) is 0 Å². The SMILES string of the molecule is COC[C@H](C)n1c(C)cc(C(=O)COC(=O)c2ccccc2NC(=O)c2cccc(C)c2)c1C. The largest absolute Gasteiger partial charge is 0.454 e. The van der Waals surface area contributed by atoms with Gasteiger partial charge in [0.1, 0.15) is 0 Å². The van der Waals surface area contributed by atoms with E-state index in [1.165, 1.54) is 0 Å². The van der Waals surface area contributed by atoms with E-state index < -0.39 is 12.6 Å². The van der Waals surface area contributed by atoms with Gasteiger partial charge in [-0.3, -0.25) is 9.59 Å². The van der Waals surface area contributed by atoms with E-state index in [-0.39, 0.29) is 23.3 Å². The minimum Gasteiger partial charge on any atom is -0.454 e. The van der Waals surface area contributed by atoms with Crippen LogP contribution in [0.4, 0.5) is 5.69 Å². The molecule has 3 rings (SSSR count). The van der Waals surface area contributed by atoms with Crippen molar-refractivity contribution in [2.45, 2.75) is 33.7 Å². The summed E-state index contributed by atoms with van der Waals surface area (Å²) < 4.78 is 12.6. The third-order valence-electron chi connectivity index (χ3n) is 5.64. The number of benzene rings is 2. The monoisotopic (exact) mass is 462 g/mol. The number of nitrogens with zero attached hydrogens (tertiary/aromatic N) is 1. The van der Waals surface area contributed by atoms with E-state index in [0.717, 1.165) is 17.0 Å². The van der Waals surface area contributed by atoms with Crippen molar-refractivity contribution in [2.24, 2.45) is 0 Å². The highest BCUT2D eigenvalue weighted by Gasteiger charge is 2.21. The Bertz CT molecular complexity index is 1210. The molecule has 2 aromatic carbocycles. The van der Waals surface area contributed by atoms with Crippen LogP contribution in [0.25, 0.3) is 0 Å². The number of methoxy groups -OCH3 is 1. The minimum atomic E-state index is -0.685. The normalized spacial score (nSPS) is 11.7. The Morgan fingerprint density at radius 3 is 2.41 bits per heavy atom. The van der Waals surface area contributed by atoms with Crippen molar-refractivity contribution in [3.8, 4) is 0 Å². The summed E-state index contributed by atoms with van der Waals surface area (Å²) in [6.45, 7) is 7.82. The Labute approximate surface area is 199 Å². The molecule has 0 radical (unpaired) electrons. The maximum atomic E-state index is 12.8. The lowest BCUT2D eigenvalue weighted by molar-refractivity contribution is 0.0475. The van der Waals surface area contributed by atoms with Crippen LogP contribution >= 0.6 is 0 Å². The smallest absolute Gasteiger partial charge is 0.340 e. The number of ketones is 1. The van der Waals surface area contributed by atoms with Crippen LogP contribution in [0.15, 0.2) is 54.6 Å². The number of aryl methyl sites for hydroxylation is 2. The number of para-hydroxylation sites is 1. The maximum absolute atomic E-state index is 12.8. The van der Waals surface area contributed by atoms with Crippen LogP contribution in [0.5, 0.6) is 0 Å². The third-order valence-corrected chi connectivity index (χ3v) is 5.64. The third kappa shape index (κ3) is 5.61. The average molecular weight is 463 g/mol. The van der Waals surface area contributed by atoms with Gasteiger partial charge in [0.25, 0.3) is 5.91 Å². The Hall–Kier alpha value is -3.71. The van der Waals surface area contributed by atoms with Crippen LogP contribution in [-0.2, 0) is 9.47 Å². The predicted molar refractivity (Wildman–Crippen MR) is 131 cm³/mol. The van der Waals surface area contributed by atoms with Crippen molar-refractivity contribution in [2.75, 3.05) is 25.6 Å². The summed E-state index contributed by atoms with van der Waals surface area (Å²) >= 11 is 0. The molecule has 0 unspecified atom stereocenters. The molecule has 1 heterocycles. The quantitative estimate of drug-likeness (QED) is 0.361. The number of Topliss-reactive ketones (excluding diaryl/α,β-unsaturated/α-hetero) is 1. The van der Waals surface area contributed by atoms with E-state index in [1.807, 2.05) is 38.3 Å². The van der Waals surface area contributed by atoms with E-state index in [0.29, 0.717) is 23.4 Å². The van der Waals surface area contributed by atoms with Crippen LogP contribution in [0, 0.1) is 20.8 Å². The van der Waals surface area contributed by atoms with Crippen molar-refractivity contribution in [1.29, 1.82) is 0 Å². The van der Waals surface area contributed by atoms with Gasteiger partial charge >= 0.3 is 5.97 Å². The summed E-state index contributed by atoms with van der Waals surface area (Å²) in [4.78, 5) is 38.2. The van der Waals surface area contributed by atoms with Crippen LogP contribution in [0.1, 0.15) is 61.0 Å². The molecule has 1 atom stereocenters. The molecule has 7 nitrogen and oxygen atoms in total. The lowest BCUT2D eigenvalue weighted by atomic mass is 10.1. The minimum absolute atomic E-state index is 0.0676. The molecule has 3 aromatic rings. The van der Waals surface area contributed by atoms with E-state index in [4.69, 9.17) is 9.47 Å². The molecule has 7 heteroatoms. The highest BCUT2D eigenvalue weighted by Crippen LogP contribution is 2.22. The van der Waals surface area contributed by atoms with Crippen molar-refractivity contribution < 1.29 is 23.9 Å². The molecule has 0 aliphatic rings. The van der Waals surface area contributed by atoms with Crippen LogP contribution in [-0.4, -0.2) is 42.6 Å². The van der Waals surface area contributed by atoms with Crippen molar-refractivity contribution >= 4 is 23.3 Å². The fourth-order valence-electron chi connectivity index (χ4n) is 4.09. The summed E-state index contributed by atoms with van der Waals surface area (Å²) in [5, 5.41) is 2.76. The van der Waals surface area contributed by atoms with Crippen molar-refractivity contribution in [3.05, 3.63) is 88.2 Å². The molecule has 0 aliphatic heterocycles. The predicted octanol–water partition coefficient (Wildman–Crippen LogP) is 4.91. The lowest BCUT2D eigenvalue weighted by Crippen LogP contribution is -2.19. The first-order valence-corrected chi connectivity index (χ1v) is 11.1. The number of esters is 1. The van der Waals surface area contributed by atoms with Crippen LogP contribution < -0.4 is 5.32 Å². The Balaban J connectivity index is 1.71. The summed E-state index contributed by atoms with van der Waals surface area (Å²) in [6.07, 6.45) is 0. The van der Waals surface area contributed by atoms with Gasteiger partial charge in [0.2, 0.25) is 5.78 Å². The highest BCUT2D eigenvalue weighted by molar-refractivity contribution is 6.08. The number of ether oxygens (including phenoxy) is 2. The molecule has 0 spiro atoms. The molecule has 0 saturated carbocycles. The lowest BCUT2D eigenvalue weighted by Gasteiger charge is -2.17. The molecule has 34 heavy (non-hydrogen) atoms. The number of aromatic nitrogens is 1. The number of carbonyl (C=O) groups excluding carboxylic acids is 3. The molecular weight excluding hydrogens is 432 g/mol. The van der Waals surface area contributed by atoms with Gasteiger partial charge in [0.05, 0.1) is 23.9 Å². The Morgan fingerprint density at radius 2 is 1.71 bits per heavy atom. The van der Waals surface area contributed by atoms with Gasteiger partial charge in [0, 0.05) is 29.6 Å². The Morgan fingerprint density at radius 1 is 0.971 bits per heavy atom. The summed E-state index contributed by atoms with van der Waals surface area (Å²) in [7, 11) is 1.64. The van der Waals surface area contributed by atoms with E-state index in [9.17, 15) is 14.4 Å². The second-order valence-corrected chi connectivity index (χ2v) is 8.33. The summed E-state index contributed by atoms with van der Waals surface area (Å²) in [6, 6.07) is 15.6. The molecule has 1 N–H and O–H groups in total. The fraction of sp³-hybridized carbons (Fsp3) is 0.296.